The van der Waals surface area contributed by atoms with Crippen LogP contribution < -0.4 is 26.6 Å². The third-order valence-electron chi connectivity index (χ3n) is 11.5. The lowest BCUT2D eigenvalue weighted by molar-refractivity contribution is -0.126. The van der Waals surface area contributed by atoms with Crippen molar-refractivity contribution in [3.05, 3.63) is 0 Å². The summed E-state index contributed by atoms with van der Waals surface area (Å²) in [7, 11) is 0. The van der Waals surface area contributed by atoms with E-state index in [1.807, 2.05) is 0 Å². The number of piperidine rings is 1. The van der Waals surface area contributed by atoms with E-state index in [9.17, 15) is 9.90 Å². The van der Waals surface area contributed by atoms with Crippen LogP contribution in [-0.2, 0) is 19.0 Å². The zero-order chi connectivity index (χ0) is 31.3. The van der Waals surface area contributed by atoms with E-state index in [-0.39, 0.29) is 37.1 Å². The maximum Gasteiger partial charge on any atom is 0.237 e. The fourth-order valence-electron chi connectivity index (χ4n) is 8.38. The zero-order valence-electron chi connectivity index (χ0n) is 27.8. The van der Waals surface area contributed by atoms with Crippen LogP contribution in [0.25, 0.3) is 0 Å². The molecule has 6 aliphatic rings. The number of amides is 1. The quantitative estimate of drug-likeness (QED) is 0.153. The van der Waals surface area contributed by atoms with E-state index < -0.39 is 6.10 Å². The summed E-state index contributed by atoms with van der Waals surface area (Å²) in [6, 6.07) is 0.337. The smallest absolute Gasteiger partial charge is 0.237 e. The number of nitrogens with one attached hydrogen (secondary N) is 5. The average molecular weight is 637 g/mol. The topological polar surface area (TPSA) is 135 Å². The lowest BCUT2D eigenvalue weighted by Gasteiger charge is -2.47. The summed E-state index contributed by atoms with van der Waals surface area (Å²) in [6.07, 6.45) is 3.84. The predicted molar refractivity (Wildman–Crippen MR) is 171 cm³/mol. The van der Waals surface area contributed by atoms with Crippen LogP contribution in [0, 0.1) is 17.8 Å². The van der Waals surface area contributed by atoms with Gasteiger partial charge in [0.15, 0.2) is 0 Å². The number of carbonyl (C=O) groups is 1. The van der Waals surface area contributed by atoms with Gasteiger partial charge in [-0.05, 0) is 57.0 Å². The molecule has 1 aliphatic carbocycles. The first-order valence-corrected chi connectivity index (χ1v) is 17.8. The second-order valence-corrected chi connectivity index (χ2v) is 14.5. The second-order valence-electron chi connectivity index (χ2n) is 14.5. The molecule has 258 valence electrons. The Morgan fingerprint density at radius 1 is 1.07 bits per heavy atom. The van der Waals surface area contributed by atoms with Gasteiger partial charge in [-0.15, -0.1) is 0 Å². The number of β-amino-alcohol motifs (C(OH)–C–C–N with tert-alkyl or cyclic N) is 1. The number of rotatable bonds is 12. The molecule has 13 nitrogen and oxygen atoms in total. The Morgan fingerprint density at radius 2 is 1.89 bits per heavy atom. The molecule has 0 spiro atoms. The third-order valence-corrected chi connectivity index (χ3v) is 11.5. The molecule has 6 N–H and O–H groups in total. The van der Waals surface area contributed by atoms with E-state index >= 15 is 0 Å². The van der Waals surface area contributed by atoms with Crippen molar-refractivity contribution in [1.82, 2.24) is 41.3 Å². The number of nitrogens with zero attached hydrogens (tertiary/aromatic N) is 3. The van der Waals surface area contributed by atoms with Crippen LogP contribution in [-0.4, -0.2) is 160 Å². The molecule has 45 heavy (non-hydrogen) atoms. The van der Waals surface area contributed by atoms with Gasteiger partial charge in [0.25, 0.3) is 0 Å². The lowest BCUT2D eigenvalue weighted by Crippen LogP contribution is -2.73. The minimum Gasteiger partial charge on any atom is -0.390 e. The van der Waals surface area contributed by atoms with Crippen LogP contribution in [0.5, 0.6) is 0 Å². The van der Waals surface area contributed by atoms with Crippen molar-refractivity contribution in [2.45, 2.75) is 95.3 Å². The summed E-state index contributed by atoms with van der Waals surface area (Å²) in [5, 5.41) is 28.3. The number of aliphatic hydroxyl groups excluding tert-OH is 1. The molecule has 6 fully saturated rings. The van der Waals surface area contributed by atoms with E-state index in [1.165, 1.54) is 6.42 Å². The first-order valence-electron chi connectivity index (χ1n) is 17.8. The maximum absolute atomic E-state index is 13.4. The van der Waals surface area contributed by atoms with Crippen molar-refractivity contribution >= 4 is 5.91 Å². The molecule has 6 rings (SSSR count). The number of piperazine rings is 1. The Bertz CT molecular complexity index is 939. The van der Waals surface area contributed by atoms with Crippen LogP contribution in [0.2, 0.25) is 0 Å². The molecular formula is C32H60N8O5. The molecule has 5 heterocycles. The Kier molecular flexibility index (Phi) is 12.0. The zero-order valence-corrected chi connectivity index (χ0v) is 27.8. The minimum absolute atomic E-state index is 0.0239. The van der Waals surface area contributed by atoms with Crippen molar-refractivity contribution in [3.63, 3.8) is 0 Å². The van der Waals surface area contributed by atoms with Gasteiger partial charge in [-0.1, -0.05) is 13.8 Å². The van der Waals surface area contributed by atoms with Crippen molar-refractivity contribution in [2.24, 2.45) is 17.8 Å². The molecule has 13 heteroatoms. The van der Waals surface area contributed by atoms with Gasteiger partial charge in [-0.3, -0.25) is 31.0 Å². The highest BCUT2D eigenvalue weighted by Gasteiger charge is 2.41. The van der Waals surface area contributed by atoms with Crippen molar-refractivity contribution in [3.8, 4) is 0 Å². The van der Waals surface area contributed by atoms with E-state index in [4.69, 9.17) is 14.2 Å². The summed E-state index contributed by atoms with van der Waals surface area (Å²) in [6.45, 7) is 17.4. The van der Waals surface area contributed by atoms with Crippen LogP contribution in [0.3, 0.4) is 0 Å². The molecule has 1 saturated carbocycles. The summed E-state index contributed by atoms with van der Waals surface area (Å²) in [5.41, 5.74) is 0. The number of hydrogen-bond donors (Lipinski definition) is 6. The van der Waals surface area contributed by atoms with Crippen LogP contribution >= 0.6 is 0 Å². The molecule has 0 aromatic rings. The molecule has 10 atom stereocenters. The summed E-state index contributed by atoms with van der Waals surface area (Å²) < 4.78 is 17.5. The Balaban J connectivity index is 0.933. The first-order chi connectivity index (χ1) is 21.9. The SMILES string of the molecule is CCN1CCN(C2NC(NC3COC3)CC(C(=O)NC[C@H](O)CN3CCC4C(CCC(OCC5OCNC5C)C4C)C3)N2)CC1. The molecular weight excluding hydrogens is 576 g/mol. The molecule has 9 unspecified atom stereocenters. The first kappa shape index (κ1) is 33.9. The minimum atomic E-state index is -0.592. The number of carbonyl (C=O) groups excluding carboxylic acids is 1. The van der Waals surface area contributed by atoms with Crippen LogP contribution in [0.4, 0.5) is 0 Å². The second kappa shape index (κ2) is 16.0. The van der Waals surface area contributed by atoms with Gasteiger partial charge in [0.05, 0.1) is 63.1 Å². The maximum atomic E-state index is 13.4. The molecule has 5 aliphatic heterocycles. The highest BCUT2D eigenvalue weighted by atomic mass is 16.6. The van der Waals surface area contributed by atoms with Crippen LogP contribution in [0.15, 0.2) is 0 Å². The van der Waals surface area contributed by atoms with Crippen molar-refractivity contribution in [2.75, 3.05) is 85.5 Å². The standard InChI is InChI=1S/C32H60N8O5/c1-4-38-9-11-40(12-10-38)32-36-27(13-30(37-32)35-24-17-43-18-24)31(42)33-14-25(41)16-39-8-7-26-21(2)28(6-5-23(26)15-39)44-19-29-22(3)34-20-45-29/h21-30,32,34-37,41H,4-20H2,1-3H3,(H,33,42)/t21?,22?,23?,25-,26?,27?,28?,29?,30?,32?/m0/s1. The molecule has 0 radical (unpaired) electrons. The van der Waals surface area contributed by atoms with Gasteiger partial charge in [0.2, 0.25) is 5.91 Å². The fourth-order valence-corrected chi connectivity index (χ4v) is 8.38. The molecule has 5 saturated heterocycles. The van der Waals surface area contributed by atoms with Crippen LogP contribution in [0.1, 0.15) is 46.5 Å². The predicted octanol–water partition coefficient (Wildman–Crippen LogP) is -1.26. The third kappa shape index (κ3) is 8.74. The molecule has 1 amide bonds. The summed E-state index contributed by atoms with van der Waals surface area (Å²) >= 11 is 0. The number of ether oxygens (including phenoxy) is 3. The van der Waals surface area contributed by atoms with Gasteiger partial charge < -0.3 is 34.4 Å². The molecule has 0 aromatic carbocycles. The lowest BCUT2D eigenvalue weighted by atomic mass is 9.68. The van der Waals surface area contributed by atoms with Gasteiger partial charge in [0.1, 0.15) is 6.29 Å². The number of fused-ring (bicyclic) bond motifs is 1. The summed E-state index contributed by atoms with van der Waals surface area (Å²) in [5.74, 6) is 1.79. The highest BCUT2D eigenvalue weighted by molar-refractivity contribution is 5.82. The average Bonchev–Trinajstić information content (AvgIpc) is 3.45. The van der Waals surface area contributed by atoms with Gasteiger partial charge in [-0.25, -0.2) is 0 Å². The van der Waals surface area contributed by atoms with Crippen molar-refractivity contribution < 1.29 is 24.1 Å². The Hall–Kier alpha value is -0.970. The number of likely N-dealkylation sites (tertiary alicyclic amines) is 1. The number of hydrogen-bond acceptors (Lipinski definition) is 12. The number of aliphatic hydroxyl groups is 1. The molecule has 0 aromatic heterocycles. The van der Waals surface area contributed by atoms with E-state index in [0.29, 0.717) is 75.5 Å². The Morgan fingerprint density at radius 3 is 2.60 bits per heavy atom. The fraction of sp³-hybridized carbons (Fsp3) is 0.969. The normalized spacial score (nSPS) is 39.7. The summed E-state index contributed by atoms with van der Waals surface area (Å²) in [4.78, 5) is 20.7. The highest BCUT2D eigenvalue weighted by Crippen LogP contribution is 2.41. The number of likely N-dealkylation sites (N-methyl/N-ethyl adjacent to an activating group) is 1. The van der Waals surface area contributed by atoms with E-state index in [2.05, 4.69) is 62.1 Å². The van der Waals surface area contributed by atoms with E-state index in [0.717, 1.165) is 58.7 Å². The Labute approximate surface area is 269 Å². The van der Waals surface area contributed by atoms with E-state index in [1.54, 1.807) is 0 Å². The monoisotopic (exact) mass is 636 g/mol. The molecule has 0 bridgehead atoms. The van der Waals surface area contributed by atoms with Gasteiger partial charge in [-0.2, -0.15) is 0 Å². The van der Waals surface area contributed by atoms with Gasteiger partial charge >= 0.3 is 0 Å². The largest absolute Gasteiger partial charge is 0.390 e. The van der Waals surface area contributed by atoms with Crippen molar-refractivity contribution in [1.29, 1.82) is 0 Å². The van der Waals surface area contributed by atoms with Gasteiger partial charge in [0, 0.05) is 58.3 Å².